The van der Waals surface area contributed by atoms with E-state index in [9.17, 15) is 18.3 Å². The van der Waals surface area contributed by atoms with Crippen molar-refractivity contribution in [3.8, 4) is 11.4 Å². The van der Waals surface area contributed by atoms with Crippen molar-refractivity contribution >= 4 is 11.3 Å². The summed E-state index contributed by atoms with van der Waals surface area (Å²) >= 11 is 1.50. The van der Waals surface area contributed by atoms with Crippen molar-refractivity contribution < 1.29 is 18.3 Å². The van der Waals surface area contributed by atoms with Gasteiger partial charge in [0.15, 0.2) is 0 Å². The second-order valence-corrected chi connectivity index (χ2v) is 5.60. The molecule has 1 atom stereocenters. The van der Waals surface area contributed by atoms with Crippen LogP contribution in [0.15, 0.2) is 41.1 Å². The standard InChI is InChI=1S/C14H11F3N4OS/c15-14(16,17)11-3-1-9(2-4-11)12(22)7-21-19-13(18-20-21)10-5-6-23-8-10/h1-6,8,12,22H,7H2. The van der Waals surface area contributed by atoms with Crippen molar-refractivity contribution in [1.29, 1.82) is 0 Å². The van der Waals surface area contributed by atoms with Crippen molar-refractivity contribution in [3.05, 3.63) is 52.2 Å². The number of rotatable bonds is 4. The van der Waals surface area contributed by atoms with Crippen LogP contribution in [0.25, 0.3) is 11.4 Å². The number of hydrogen-bond donors (Lipinski definition) is 1. The molecule has 2 heterocycles. The topological polar surface area (TPSA) is 63.8 Å². The molecule has 1 aromatic carbocycles. The zero-order chi connectivity index (χ0) is 16.4. The fourth-order valence-electron chi connectivity index (χ4n) is 1.98. The van der Waals surface area contributed by atoms with Crippen LogP contribution < -0.4 is 0 Å². The van der Waals surface area contributed by atoms with Crippen LogP contribution in [0, 0.1) is 0 Å². The van der Waals surface area contributed by atoms with E-state index >= 15 is 0 Å². The van der Waals surface area contributed by atoms with E-state index in [0.717, 1.165) is 17.7 Å². The van der Waals surface area contributed by atoms with Gasteiger partial charge in [-0.15, -0.1) is 10.2 Å². The summed E-state index contributed by atoms with van der Waals surface area (Å²) in [6, 6.07) is 6.20. The third-order valence-electron chi connectivity index (χ3n) is 3.19. The van der Waals surface area contributed by atoms with Gasteiger partial charge >= 0.3 is 6.18 Å². The monoisotopic (exact) mass is 340 g/mol. The first-order valence-electron chi connectivity index (χ1n) is 6.59. The number of aliphatic hydroxyl groups is 1. The van der Waals surface area contributed by atoms with E-state index in [1.165, 1.54) is 28.3 Å². The lowest BCUT2D eigenvalue weighted by molar-refractivity contribution is -0.137. The van der Waals surface area contributed by atoms with Crippen LogP contribution in [0.3, 0.4) is 0 Å². The largest absolute Gasteiger partial charge is 0.416 e. The molecule has 0 aliphatic heterocycles. The summed E-state index contributed by atoms with van der Waals surface area (Å²) in [6.45, 7) is 0.00248. The Balaban J connectivity index is 1.71. The van der Waals surface area contributed by atoms with Crippen LogP contribution >= 0.6 is 11.3 Å². The molecular weight excluding hydrogens is 329 g/mol. The fourth-order valence-corrected chi connectivity index (χ4v) is 2.62. The summed E-state index contributed by atoms with van der Waals surface area (Å²) in [7, 11) is 0. The molecule has 0 aliphatic carbocycles. The number of alkyl halides is 3. The molecule has 9 heteroatoms. The Kier molecular flexibility index (Phi) is 4.14. The van der Waals surface area contributed by atoms with Crippen molar-refractivity contribution in [2.75, 3.05) is 0 Å². The van der Waals surface area contributed by atoms with Gasteiger partial charge in [-0.05, 0) is 34.4 Å². The highest BCUT2D eigenvalue weighted by Gasteiger charge is 2.30. The van der Waals surface area contributed by atoms with E-state index in [-0.39, 0.29) is 6.54 Å². The lowest BCUT2D eigenvalue weighted by Gasteiger charge is -2.11. The van der Waals surface area contributed by atoms with Crippen molar-refractivity contribution in [1.82, 2.24) is 20.2 Å². The first kappa shape index (κ1) is 15.6. The molecule has 1 unspecified atom stereocenters. The molecule has 0 fully saturated rings. The highest BCUT2D eigenvalue weighted by atomic mass is 32.1. The Labute approximate surface area is 133 Å². The quantitative estimate of drug-likeness (QED) is 0.792. The minimum absolute atomic E-state index is 0.00248. The highest BCUT2D eigenvalue weighted by Crippen LogP contribution is 2.30. The van der Waals surface area contributed by atoms with Gasteiger partial charge in [-0.2, -0.15) is 29.3 Å². The third kappa shape index (κ3) is 3.57. The molecule has 120 valence electrons. The fraction of sp³-hybridized carbons (Fsp3) is 0.214. The van der Waals surface area contributed by atoms with Gasteiger partial charge < -0.3 is 5.11 Å². The van der Waals surface area contributed by atoms with Gasteiger partial charge in [-0.3, -0.25) is 0 Å². The van der Waals surface area contributed by atoms with Crippen LogP contribution in [-0.4, -0.2) is 25.3 Å². The maximum atomic E-state index is 12.5. The second-order valence-electron chi connectivity index (χ2n) is 4.82. The number of benzene rings is 1. The Morgan fingerprint density at radius 2 is 1.91 bits per heavy atom. The molecule has 23 heavy (non-hydrogen) atoms. The maximum Gasteiger partial charge on any atom is 0.416 e. The molecule has 0 amide bonds. The van der Waals surface area contributed by atoms with Crippen molar-refractivity contribution in [3.63, 3.8) is 0 Å². The molecule has 0 saturated heterocycles. The summed E-state index contributed by atoms with van der Waals surface area (Å²) in [4.78, 5) is 1.22. The zero-order valence-corrected chi connectivity index (χ0v) is 12.4. The maximum absolute atomic E-state index is 12.5. The average Bonchev–Trinajstić information content (AvgIpc) is 3.17. The molecule has 0 aliphatic rings. The molecule has 3 aromatic rings. The van der Waals surface area contributed by atoms with Crippen LogP contribution in [0.2, 0.25) is 0 Å². The van der Waals surface area contributed by atoms with E-state index in [1.807, 2.05) is 16.8 Å². The van der Waals surface area contributed by atoms with Crippen LogP contribution in [0.1, 0.15) is 17.2 Å². The average molecular weight is 340 g/mol. The summed E-state index contributed by atoms with van der Waals surface area (Å²) in [5.41, 5.74) is 0.421. The molecular formula is C14H11F3N4OS. The van der Waals surface area contributed by atoms with Gasteiger partial charge in [0.1, 0.15) is 6.10 Å². The third-order valence-corrected chi connectivity index (χ3v) is 3.87. The van der Waals surface area contributed by atoms with E-state index in [4.69, 9.17) is 0 Å². The van der Waals surface area contributed by atoms with Crippen LogP contribution in [0.5, 0.6) is 0 Å². The number of hydrogen-bond acceptors (Lipinski definition) is 5. The predicted molar refractivity (Wildman–Crippen MR) is 77.5 cm³/mol. The number of halogens is 3. The van der Waals surface area contributed by atoms with Crippen molar-refractivity contribution in [2.24, 2.45) is 0 Å². The van der Waals surface area contributed by atoms with Crippen LogP contribution in [-0.2, 0) is 12.7 Å². The lowest BCUT2D eigenvalue weighted by Crippen LogP contribution is -2.12. The SMILES string of the molecule is OC(Cn1nnc(-c2ccsc2)n1)c1ccc(C(F)(F)F)cc1. The second kappa shape index (κ2) is 6.09. The van der Waals surface area contributed by atoms with Gasteiger partial charge in [-0.1, -0.05) is 12.1 Å². The predicted octanol–water partition coefficient (Wildman–Crippen LogP) is 3.15. The smallest absolute Gasteiger partial charge is 0.386 e. The minimum atomic E-state index is -4.40. The summed E-state index contributed by atoms with van der Waals surface area (Å²) in [5, 5.41) is 25.7. The number of nitrogens with zero attached hydrogens (tertiary/aromatic N) is 4. The minimum Gasteiger partial charge on any atom is -0.386 e. The molecule has 0 radical (unpaired) electrons. The van der Waals surface area contributed by atoms with Gasteiger partial charge in [0.25, 0.3) is 0 Å². The number of aliphatic hydroxyl groups excluding tert-OH is 1. The first-order valence-corrected chi connectivity index (χ1v) is 7.53. The first-order chi connectivity index (χ1) is 10.9. The zero-order valence-electron chi connectivity index (χ0n) is 11.6. The van der Waals surface area contributed by atoms with Gasteiger partial charge in [0.2, 0.25) is 5.82 Å². The van der Waals surface area contributed by atoms with E-state index in [0.29, 0.717) is 11.4 Å². The number of tetrazole rings is 1. The molecule has 3 rings (SSSR count). The summed E-state index contributed by atoms with van der Waals surface area (Å²) in [6.07, 6.45) is -5.42. The lowest BCUT2D eigenvalue weighted by atomic mass is 10.1. The van der Waals surface area contributed by atoms with Gasteiger partial charge in [0, 0.05) is 10.9 Å². The molecule has 1 N–H and O–H groups in total. The highest BCUT2D eigenvalue weighted by molar-refractivity contribution is 7.08. The normalized spacial score (nSPS) is 13.2. The number of aromatic nitrogens is 4. The van der Waals surface area contributed by atoms with Gasteiger partial charge in [-0.25, -0.2) is 0 Å². The van der Waals surface area contributed by atoms with Crippen LogP contribution in [0.4, 0.5) is 13.2 Å². The van der Waals surface area contributed by atoms with E-state index in [1.54, 1.807) is 0 Å². The Hall–Kier alpha value is -2.26. The summed E-state index contributed by atoms with van der Waals surface area (Å²) < 4.78 is 37.5. The van der Waals surface area contributed by atoms with Crippen molar-refractivity contribution in [2.45, 2.75) is 18.8 Å². The Morgan fingerprint density at radius 1 is 1.17 bits per heavy atom. The molecule has 0 bridgehead atoms. The van der Waals surface area contributed by atoms with E-state index < -0.39 is 17.8 Å². The van der Waals surface area contributed by atoms with E-state index in [2.05, 4.69) is 15.4 Å². The molecule has 2 aromatic heterocycles. The molecule has 5 nitrogen and oxygen atoms in total. The Morgan fingerprint density at radius 3 is 2.52 bits per heavy atom. The Bertz CT molecular complexity index is 768. The number of thiophene rings is 1. The summed E-state index contributed by atoms with van der Waals surface area (Å²) in [5.74, 6) is 0.436. The molecule has 0 spiro atoms. The molecule has 0 saturated carbocycles. The van der Waals surface area contributed by atoms with Gasteiger partial charge in [0.05, 0.1) is 12.1 Å².